The number of hydrogen-bond donors (Lipinski definition) is 2. The first-order valence-electron chi connectivity index (χ1n) is 8.48. The van der Waals surface area contributed by atoms with Crippen molar-refractivity contribution in [1.82, 2.24) is 15.1 Å². The summed E-state index contributed by atoms with van der Waals surface area (Å²) in [6, 6.07) is 1.67. The van der Waals surface area contributed by atoms with Crippen LogP contribution < -0.4 is 5.32 Å². The van der Waals surface area contributed by atoms with Crippen LogP contribution in [0, 0.1) is 0 Å². The highest BCUT2D eigenvalue weighted by Crippen LogP contribution is 2.36. The van der Waals surface area contributed by atoms with E-state index in [0.29, 0.717) is 18.1 Å². The third kappa shape index (κ3) is 2.71. The summed E-state index contributed by atoms with van der Waals surface area (Å²) >= 11 is 0. The largest absolute Gasteiger partial charge is 0.480 e. The first-order chi connectivity index (χ1) is 10.1. The zero-order valence-electron chi connectivity index (χ0n) is 13.3. The number of carboxylic acid groups (broad SMARTS) is 1. The van der Waals surface area contributed by atoms with Crippen LogP contribution in [0.25, 0.3) is 0 Å². The third-order valence-electron chi connectivity index (χ3n) is 6.08. The van der Waals surface area contributed by atoms with E-state index in [1.807, 2.05) is 0 Å². The Bertz CT molecular complexity index is 403. The van der Waals surface area contributed by atoms with Crippen LogP contribution in [0.2, 0.25) is 0 Å². The molecule has 3 fully saturated rings. The van der Waals surface area contributed by atoms with E-state index in [1.165, 1.54) is 25.8 Å². The highest BCUT2D eigenvalue weighted by Gasteiger charge is 2.48. The third-order valence-corrected chi connectivity index (χ3v) is 6.08. The van der Waals surface area contributed by atoms with Gasteiger partial charge in [-0.2, -0.15) is 0 Å². The number of piperazine rings is 1. The fourth-order valence-electron chi connectivity index (χ4n) is 4.71. The quantitative estimate of drug-likeness (QED) is 0.818. The summed E-state index contributed by atoms with van der Waals surface area (Å²) in [5.74, 6) is -0.684. The Kier molecular flexibility index (Phi) is 4.26. The SMILES string of the molecule is CNC1(C(=O)O)CCC(N2CC3CCCCN3CC2C)C1. The predicted molar refractivity (Wildman–Crippen MR) is 82.4 cm³/mol. The summed E-state index contributed by atoms with van der Waals surface area (Å²) in [7, 11) is 1.79. The van der Waals surface area contributed by atoms with E-state index < -0.39 is 11.5 Å². The maximum Gasteiger partial charge on any atom is 0.323 e. The smallest absolute Gasteiger partial charge is 0.323 e. The second-order valence-corrected chi connectivity index (χ2v) is 7.22. The molecule has 2 heterocycles. The molecule has 5 heteroatoms. The van der Waals surface area contributed by atoms with Gasteiger partial charge in [0.05, 0.1) is 0 Å². The van der Waals surface area contributed by atoms with Crippen LogP contribution in [0.3, 0.4) is 0 Å². The number of carboxylic acids is 1. The summed E-state index contributed by atoms with van der Waals surface area (Å²) < 4.78 is 0. The Morgan fingerprint density at radius 3 is 2.71 bits per heavy atom. The van der Waals surface area contributed by atoms with Crippen molar-refractivity contribution >= 4 is 5.97 Å². The van der Waals surface area contributed by atoms with E-state index in [9.17, 15) is 9.90 Å². The number of likely N-dealkylation sites (N-methyl/N-ethyl adjacent to an activating group) is 1. The number of hydrogen-bond acceptors (Lipinski definition) is 4. The van der Waals surface area contributed by atoms with Crippen molar-refractivity contribution < 1.29 is 9.90 Å². The molecule has 21 heavy (non-hydrogen) atoms. The van der Waals surface area contributed by atoms with Crippen molar-refractivity contribution in [2.75, 3.05) is 26.7 Å². The number of rotatable bonds is 3. The van der Waals surface area contributed by atoms with E-state index >= 15 is 0 Å². The van der Waals surface area contributed by atoms with Crippen molar-refractivity contribution in [3.05, 3.63) is 0 Å². The van der Waals surface area contributed by atoms with Gasteiger partial charge in [0, 0.05) is 31.2 Å². The van der Waals surface area contributed by atoms with Crippen LogP contribution in [-0.2, 0) is 4.79 Å². The molecule has 0 radical (unpaired) electrons. The van der Waals surface area contributed by atoms with Gasteiger partial charge in [-0.05, 0) is 52.6 Å². The number of piperidine rings is 1. The van der Waals surface area contributed by atoms with Gasteiger partial charge in [-0.25, -0.2) is 0 Å². The van der Waals surface area contributed by atoms with Crippen LogP contribution in [0.5, 0.6) is 0 Å². The van der Waals surface area contributed by atoms with Crippen molar-refractivity contribution in [2.24, 2.45) is 0 Å². The highest BCUT2D eigenvalue weighted by molar-refractivity contribution is 5.79. The number of fused-ring (bicyclic) bond motifs is 1. The highest BCUT2D eigenvalue weighted by atomic mass is 16.4. The average molecular weight is 295 g/mol. The van der Waals surface area contributed by atoms with Gasteiger partial charge < -0.3 is 10.4 Å². The van der Waals surface area contributed by atoms with E-state index in [-0.39, 0.29) is 0 Å². The molecule has 120 valence electrons. The molecule has 0 aromatic heterocycles. The molecule has 2 N–H and O–H groups in total. The average Bonchev–Trinajstić information content (AvgIpc) is 2.92. The minimum absolute atomic E-state index is 0.424. The van der Waals surface area contributed by atoms with Crippen molar-refractivity contribution in [3.63, 3.8) is 0 Å². The van der Waals surface area contributed by atoms with E-state index in [0.717, 1.165) is 32.4 Å². The second-order valence-electron chi connectivity index (χ2n) is 7.22. The lowest BCUT2D eigenvalue weighted by molar-refractivity contribution is -0.144. The Balaban J connectivity index is 1.68. The molecular formula is C16H29N3O2. The normalized spacial score (nSPS) is 41.9. The van der Waals surface area contributed by atoms with Crippen LogP contribution in [0.4, 0.5) is 0 Å². The van der Waals surface area contributed by atoms with Crippen molar-refractivity contribution in [2.45, 2.75) is 69.1 Å². The molecule has 5 nitrogen and oxygen atoms in total. The summed E-state index contributed by atoms with van der Waals surface area (Å²) in [6.07, 6.45) is 6.51. The predicted octanol–water partition coefficient (Wildman–Crippen LogP) is 1.14. The van der Waals surface area contributed by atoms with Gasteiger partial charge in [0.1, 0.15) is 5.54 Å². The Hall–Kier alpha value is -0.650. The van der Waals surface area contributed by atoms with E-state index in [2.05, 4.69) is 22.0 Å². The molecule has 4 unspecified atom stereocenters. The first kappa shape index (κ1) is 15.3. The zero-order valence-corrected chi connectivity index (χ0v) is 13.3. The number of nitrogens with one attached hydrogen (secondary N) is 1. The van der Waals surface area contributed by atoms with Crippen LogP contribution in [0.1, 0.15) is 45.4 Å². The Labute approximate surface area is 127 Å². The van der Waals surface area contributed by atoms with Gasteiger partial charge in [-0.1, -0.05) is 6.42 Å². The molecule has 2 saturated heterocycles. The molecule has 1 aliphatic carbocycles. The monoisotopic (exact) mass is 295 g/mol. The van der Waals surface area contributed by atoms with Gasteiger partial charge >= 0.3 is 5.97 Å². The summed E-state index contributed by atoms with van der Waals surface area (Å²) in [5, 5.41) is 12.6. The first-order valence-corrected chi connectivity index (χ1v) is 8.48. The molecule has 3 aliphatic rings. The van der Waals surface area contributed by atoms with Crippen molar-refractivity contribution in [3.8, 4) is 0 Å². The molecule has 4 atom stereocenters. The van der Waals surface area contributed by atoms with Crippen LogP contribution in [-0.4, -0.2) is 71.2 Å². The number of aliphatic carboxylic acids is 1. The number of nitrogens with zero attached hydrogens (tertiary/aromatic N) is 2. The van der Waals surface area contributed by atoms with Crippen LogP contribution in [0.15, 0.2) is 0 Å². The molecule has 0 amide bonds. The lowest BCUT2D eigenvalue weighted by Crippen LogP contribution is -2.61. The lowest BCUT2D eigenvalue weighted by Gasteiger charge is -2.49. The summed E-state index contributed by atoms with van der Waals surface area (Å²) in [4.78, 5) is 16.9. The molecule has 1 saturated carbocycles. The minimum Gasteiger partial charge on any atom is -0.480 e. The topological polar surface area (TPSA) is 55.8 Å². The summed E-state index contributed by atoms with van der Waals surface area (Å²) in [5.41, 5.74) is -0.700. The second kappa shape index (κ2) is 5.86. The Morgan fingerprint density at radius 1 is 1.24 bits per heavy atom. The maximum absolute atomic E-state index is 11.6. The molecule has 0 spiro atoms. The van der Waals surface area contributed by atoms with Crippen LogP contribution >= 0.6 is 0 Å². The molecule has 2 aliphatic heterocycles. The fraction of sp³-hybridized carbons (Fsp3) is 0.938. The van der Waals surface area contributed by atoms with Crippen molar-refractivity contribution in [1.29, 1.82) is 0 Å². The van der Waals surface area contributed by atoms with Gasteiger partial charge in [-0.3, -0.25) is 14.6 Å². The van der Waals surface area contributed by atoms with Gasteiger partial charge in [0.2, 0.25) is 0 Å². The van der Waals surface area contributed by atoms with E-state index in [1.54, 1.807) is 7.05 Å². The van der Waals surface area contributed by atoms with E-state index in [4.69, 9.17) is 0 Å². The van der Waals surface area contributed by atoms with Gasteiger partial charge in [0.15, 0.2) is 0 Å². The Morgan fingerprint density at radius 2 is 2.05 bits per heavy atom. The van der Waals surface area contributed by atoms with Gasteiger partial charge in [-0.15, -0.1) is 0 Å². The molecule has 3 rings (SSSR count). The fourth-order valence-corrected chi connectivity index (χ4v) is 4.71. The maximum atomic E-state index is 11.6. The standard InChI is InChI=1S/C16H29N3O2/c1-12-10-18-8-4-3-5-14(18)11-19(12)13-6-7-16(9-13,17-2)15(20)21/h12-14,17H,3-11H2,1-2H3,(H,20,21). The molecular weight excluding hydrogens is 266 g/mol. The lowest BCUT2D eigenvalue weighted by atomic mass is 9.94. The molecule has 0 aromatic carbocycles. The zero-order chi connectivity index (χ0) is 15.0. The minimum atomic E-state index is -0.700. The number of carbonyl (C=O) groups is 1. The summed E-state index contributed by atoms with van der Waals surface area (Å²) in [6.45, 7) is 5.85. The molecule has 0 bridgehead atoms. The molecule has 0 aromatic rings. The van der Waals surface area contributed by atoms with Gasteiger partial charge in [0.25, 0.3) is 0 Å².